The fraction of sp³-hybridized carbons (Fsp3) is 0.200. The van der Waals surface area contributed by atoms with Gasteiger partial charge >= 0.3 is 5.97 Å². The molecule has 1 aromatic carbocycles. The second-order valence-corrected chi connectivity index (χ2v) is 2.57. The maximum atomic E-state index is 11.3. The van der Waals surface area contributed by atoms with E-state index in [1.165, 1.54) is 0 Å². The summed E-state index contributed by atoms with van der Waals surface area (Å²) in [7, 11) is 0. The van der Waals surface area contributed by atoms with Crippen LogP contribution in [0.25, 0.3) is 0 Å². The van der Waals surface area contributed by atoms with Crippen LogP contribution in [0.2, 0.25) is 0 Å². The van der Waals surface area contributed by atoms with E-state index in [9.17, 15) is 9.59 Å². The van der Waals surface area contributed by atoms with Crippen LogP contribution in [0.15, 0.2) is 30.3 Å². The maximum Gasteiger partial charge on any atom is 0.338 e. The molecule has 0 aliphatic rings. The van der Waals surface area contributed by atoms with Gasteiger partial charge in [0, 0.05) is 0 Å². The van der Waals surface area contributed by atoms with Gasteiger partial charge in [-0.25, -0.2) is 4.79 Å². The van der Waals surface area contributed by atoms with E-state index in [1.54, 1.807) is 24.3 Å². The van der Waals surface area contributed by atoms with Gasteiger partial charge in [0.15, 0.2) is 0 Å². The maximum absolute atomic E-state index is 11.3. The van der Waals surface area contributed by atoms with E-state index in [0.29, 0.717) is 18.5 Å². The summed E-state index contributed by atoms with van der Waals surface area (Å²) in [5, 5.41) is 2.40. The molecule has 1 amide bonds. The Kier molecular flexibility index (Phi) is 4.20. The van der Waals surface area contributed by atoms with Gasteiger partial charge in [0.05, 0.1) is 12.1 Å². The van der Waals surface area contributed by atoms with Crippen molar-refractivity contribution in [3.63, 3.8) is 0 Å². The van der Waals surface area contributed by atoms with Crippen molar-refractivity contribution in [1.82, 2.24) is 5.32 Å². The number of ether oxygens (including phenoxy) is 1. The third-order valence-corrected chi connectivity index (χ3v) is 1.57. The van der Waals surface area contributed by atoms with Gasteiger partial charge in [-0.3, -0.25) is 4.79 Å². The Morgan fingerprint density at radius 2 is 2.07 bits per heavy atom. The number of rotatable bonds is 5. The van der Waals surface area contributed by atoms with Crippen molar-refractivity contribution in [3.8, 4) is 0 Å². The predicted octanol–water partition coefficient (Wildman–Crippen LogP) is 0.589. The molecule has 4 nitrogen and oxygen atoms in total. The first kappa shape index (κ1) is 10.2. The standard InChI is InChI=1S/C10H11NO3/c12-8-11-6-7-14-10(13)9-4-2-1-3-5-9/h1-5,8H,6-7H2,(H,11,12). The second-order valence-electron chi connectivity index (χ2n) is 2.57. The van der Waals surface area contributed by atoms with Crippen LogP contribution >= 0.6 is 0 Å². The van der Waals surface area contributed by atoms with E-state index in [1.807, 2.05) is 6.07 Å². The number of amides is 1. The SMILES string of the molecule is O=CNCCOC(=O)c1ccccc1. The van der Waals surface area contributed by atoms with Crippen LogP contribution in [0.4, 0.5) is 0 Å². The van der Waals surface area contributed by atoms with Crippen molar-refractivity contribution in [1.29, 1.82) is 0 Å². The summed E-state index contributed by atoms with van der Waals surface area (Å²) in [6.07, 6.45) is 0.566. The molecule has 0 heterocycles. The molecule has 0 fully saturated rings. The Bertz CT molecular complexity index is 297. The fourth-order valence-electron chi connectivity index (χ4n) is 0.919. The van der Waals surface area contributed by atoms with E-state index in [4.69, 9.17) is 4.74 Å². The lowest BCUT2D eigenvalue weighted by atomic mass is 10.2. The number of hydrogen-bond acceptors (Lipinski definition) is 3. The summed E-state index contributed by atoms with van der Waals surface area (Å²) >= 11 is 0. The molecular formula is C10H11NO3. The van der Waals surface area contributed by atoms with Crippen molar-refractivity contribution in [2.75, 3.05) is 13.2 Å². The molecule has 0 radical (unpaired) electrons. The highest BCUT2D eigenvalue weighted by Crippen LogP contribution is 2.00. The highest BCUT2D eigenvalue weighted by Gasteiger charge is 2.04. The first-order chi connectivity index (χ1) is 6.84. The van der Waals surface area contributed by atoms with E-state index in [-0.39, 0.29) is 12.6 Å². The molecule has 0 saturated carbocycles. The second kappa shape index (κ2) is 5.75. The quantitative estimate of drug-likeness (QED) is 0.423. The largest absolute Gasteiger partial charge is 0.460 e. The molecule has 1 N–H and O–H groups in total. The topological polar surface area (TPSA) is 55.4 Å². The zero-order valence-corrected chi connectivity index (χ0v) is 7.60. The van der Waals surface area contributed by atoms with Gasteiger partial charge in [-0.2, -0.15) is 0 Å². The summed E-state index contributed by atoms with van der Waals surface area (Å²) in [5.74, 6) is -0.377. The zero-order valence-electron chi connectivity index (χ0n) is 7.60. The summed E-state index contributed by atoms with van der Waals surface area (Å²) in [5.41, 5.74) is 0.513. The van der Waals surface area contributed by atoms with E-state index < -0.39 is 0 Å². The van der Waals surface area contributed by atoms with Gasteiger partial charge < -0.3 is 10.1 Å². The average molecular weight is 193 g/mol. The number of nitrogens with one attached hydrogen (secondary N) is 1. The van der Waals surface area contributed by atoms with Crippen LogP contribution in [-0.2, 0) is 9.53 Å². The van der Waals surface area contributed by atoms with Crippen molar-refractivity contribution in [2.24, 2.45) is 0 Å². The molecule has 0 aromatic heterocycles. The molecule has 0 saturated heterocycles. The summed E-state index contributed by atoms with van der Waals surface area (Å²) in [6.45, 7) is 0.522. The highest BCUT2D eigenvalue weighted by molar-refractivity contribution is 5.89. The molecule has 0 spiro atoms. The number of hydrogen-bond donors (Lipinski definition) is 1. The average Bonchev–Trinajstić information content (AvgIpc) is 2.25. The minimum absolute atomic E-state index is 0.187. The van der Waals surface area contributed by atoms with Gasteiger partial charge in [-0.1, -0.05) is 18.2 Å². The Hall–Kier alpha value is -1.84. The molecule has 14 heavy (non-hydrogen) atoms. The number of carbonyl (C=O) groups excluding carboxylic acids is 2. The van der Waals surface area contributed by atoms with Gasteiger partial charge in [0.2, 0.25) is 6.41 Å². The fourth-order valence-corrected chi connectivity index (χ4v) is 0.919. The van der Waals surface area contributed by atoms with Crippen molar-refractivity contribution >= 4 is 12.4 Å². The molecule has 4 heteroatoms. The van der Waals surface area contributed by atoms with Gasteiger partial charge in [-0.05, 0) is 12.1 Å². The van der Waals surface area contributed by atoms with Crippen LogP contribution in [0.5, 0.6) is 0 Å². The Balaban J connectivity index is 2.32. The minimum Gasteiger partial charge on any atom is -0.460 e. The third kappa shape index (κ3) is 3.26. The van der Waals surface area contributed by atoms with Crippen LogP contribution in [0.3, 0.4) is 0 Å². The number of carbonyl (C=O) groups is 2. The Labute approximate surface area is 81.9 Å². The van der Waals surface area contributed by atoms with Crippen molar-refractivity contribution in [2.45, 2.75) is 0 Å². The summed E-state index contributed by atoms with van der Waals surface area (Å²) in [4.78, 5) is 21.1. The van der Waals surface area contributed by atoms with E-state index in [2.05, 4.69) is 5.32 Å². The molecule has 1 aromatic rings. The molecule has 0 aliphatic carbocycles. The minimum atomic E-state index is -0.377. The number of esters is 1. The van der Waals surface area contributed by atoms with Crippen LogP contribution in [-0.4, -0.2) is 25.5 Å². The Morgan fingerprint density at radius 3 is 2.71 bits per heavy atom. The normalized spacial score (nSPS) is 9.14. The summed E-state index contributed by atoms with van der Waals surface area (Å²) in [6, 6.07) is 8.70. The zero-order chi connectivity index (χ0) is 10.2. The Morgan fingerprint density at radius 1 is 1.36 bits per heavy atom. The first-order valence-corrected chi connectivity index (χ1v) is 4.24. The number of benzene rings is 1. The van der Waals surface area contributed by atoms with Crippen molar-refractivity contribution in [3.05, 3.63) is 35.9 Å². The molecule has 0 bridgehead atoms. The van der Waals surface area contributed by atoms with Crippen LogP contribution in [0.1, 0.15) is 10.4 Å². The third-order valence-electron chi connectivity index (χ3n) is 1.57. The molecule has 0 unspecified atom stereocenters. The summed E-state index contributed by atoms with van der Waals surface area (Å²) < 4.78 is 4.87. The van der Waals surface area contributed by atoms with Gasteiger partial charge in [-0.15, -0.1) is 0 Å². The molecular weight excluding hydrogens is 182 g/mol. The van der Waals surface area contributed by atoms with Crippen LogP contribution in [0, 0.1) is 0 Å². The molecule has 1 rings (SSSR count). The molecule has 74 valence electrons. The first-order valence-electron chi connectivity index (χ1n) is 4.24. The van der Waals surface area contributed by atoms with Gasteiger partial charge in [0.25, 0.3) is 0 Å². The van der Waals surface area contributed by atoms with Gasteiger partial charge in [0.1, 0.15) is 6.61 Å². The lowest BCUT2D eigenvalue weighted by Crippen LogP contribution is -2.19. The van der Waals surface area contributed by atoms with Crippen LogP contribution < -0.4 is 5.32 Å². The predicted molar refractivity (Wildman–Crippen MR) is 50.8 cm³/mol. The lowest BCUT2D eigenvalue weighted by Gasteiger charge is -2.03. The molecule has 0 aliphatic heterocycles. The monoisotopic (exact) mass is 193 g/mol. The smallest absolute Gasteiger partial charge is 0.338 e. The lowest BCUT2D eigenvalue weighted by molar-refractivity contribution is -0.109. The van der Waals surface area contributed by atoms with E-state index >= 15 is 0 Å². The van der Waals surface area contributed by atoms with Crippen molar-refractivity contribution < 1.29 is 14.3 Å². The van der Waals surface area contributed by atoms with E-state index in [0.717, 1.165) is 0 Å². The highest BCUT2D eigenvalue weighted by atomic mass is 16.5. The molecule has 0 atom stereocenters.